The van der Waals surface area contributed by atoms with Gasteiger partial charge in [0.15, 0.2) is 0 Å². The molecular formula is C17H22N2O2. The van der Waals surface area contributed by atoms with E-state index in [0.29, 0.717) is 5.70 Å². The van der Waals surface area contributed by atoms with Crippen molar-refractivity contribution in [2.45, 2.75) is 33.7 Å². The van der Waals surface area contributed by atoms with Gasteiger partial charge in [0.05, 0.1) is 5.70 Å². The molecule has 0 aliphatic carbocycles. The van der Waals surface area contributed by atoms with E-state index in [0.717, 1.165) is 5.56 Å². The van der Waals surface area contributed by atoms with Gasteiger partial charge in [-0.1, -0.05) is 58.0 Å². The lowest BCUT2D eigenvalue weighted by Gasteiger charge is -2.36. The van der Waals surface area contributed by atoms with Crippen LogP contribution in [0.3, 0.4) is 0 Å². The Morgan fingerprint density at radius 3 is 2.29 bits per heavy atom. The number of hydrogen-bond donors (Lipinski definition) is 1. The normalized spacial score (nSPS) is 18.8. The maximum absolute atomic E-state index is 12.4. The summed E-state index contributed by atoms with van der Waals surface area (Å²) in [6.07, 6.45) is 1.77. The van der Waals surface area contributed by atoms with Crippen molar-refractivity contribution in [1.82, 2.24) is 10.2 Å². The summed E-state index contributed by atoms with van der Waals surface area (Å²) in [5.74, 6) is -0.246. The van der Waals surface area contributed by atoms with Crippen LogP contribution in [0.25, 0.3) is 5.70 Å². The highest BCUT2D eigenvalue weighted by molar-refractivity contribution is 5.97. The maximum atomic E-state index is 12.4. The van der Waals surface area contributed by atoms with Crippen LogP contribution >= 0.6 is 0 Å². The van der Waals surface area contributed by atoms with Crippen molar-refractivity contribution in [3.63, 3.8) is 0 Å². The second-order valence-corrected chi connectivity index (χ2v) is 5.99. The molecule has 112 valence electrons. The molecule has 1 heterocycles. The highest BCUT2D eigenvalue weighted by Gasteiger charge is 2.36. The number of nitrogens with one attached hydrogen (secondary N) is 1. The Morgan fingerprint density at radius 2 is 1.76 bits per heavy atom. The van der Waals surface area contributed by atoms with Gasteiger partial charge in [-0.2, -0.15) is 0 Å². The second-order valence-electron chi connectivity index (χ2n) is 5.99. The van der Waals surface area contributed by atoms with E-state index < -0.39 is 6.04 Å². The zero-order chi connectivity index (χ0) is 15.6. The highest BCUT2D eigenvalue weighted by atomic mass is 16.2. The first-order chi connectivity index (χ1) is 9.91. The quantitative estimate of drug-likeness (QED) is 0.928. The van der Waals surface area contributed by atoms with E-state index in [9.17, 15) is 9.59 Å². The van der Waals surface area contributed by atoms with E-state index in [2.05, 4.69) is 5.32 Å². The number of benzene rings is 1. The largest absolute Gasteiger partial charge is 0.322 e. The van der Waals surface area contributed by atoms with Crippen molar-refractivity contribution < 1.29 is 9.59 Å². The van der Waals surface area contributed by atoms with Crippen LogP contribution in [-0.2, 0) is 9.59 Å². The lowest BCUT2D eigenvalue weighted by molar-refractivity contribution is -0.141. The Labute approximate surface area is 125 Å². The minimum atomic E-state index is -0.452. The van der Waals surface area contributed by atoms with E-state index in [1.165, 1.54) is 0 Å². The predicted octanol–water partition coefficient (Wildman–Crippen LogP) is 2.62. The van der Waals surface area contributed by atoms with Crippen molar-refractivity contribution in [1.29, 1.82) is 0 Å². The van der Waals surface area contributed by atoms with Crippen molar-refractivity contribution in [2.75, 3.05) is 0 Å². The Morgan fingerprint density at radius 1 is 1.14 bits per heavy atom. The van der Waals surface area contributed by atoms with Gasteiger partial charge in [0.1, 0.15) is 6.04 Å². The van der Waals surface area contributed by atoms with Gasteiger partial charge in [-0.3, -0.25) is 9.59 Å². The monoisotopic (exact) mass is 286 g/mol. The van der Waals surface area contributed by atoms with Gasteiger partial charge in [0.2, 0.25) is 11.8 Å². The average Bonchev–Trinajstić information content (AvgIpc) is 2.45. The third-order valence-corrected chi connectivity index (χ3v) is 3.56. The van der Waals surface area contributed by atoms with Gasteiger partial charge in [-0.25, -0.2) is 0 Å². The predicted molar refractivity (Wildman–Crippen MR) is 82.9 cm³/mol. The van der Waals surface area contributed by atoms with Gasteiger partial charge >= 0.3 is 0 Å². The first-order valence-corrected chi connectivity index (χ1v) is 7.32. The number of carbonyl (C=O) groups is 2. The third kappa shape index (κ3) is 3.15. The summed E-state index contributed by atoms with van der Waals surface area (Å²) in [5, 5.41) is 2.92. The smallest absolute Gasteiger partial charge is 0.247 e. The zero-order valence-corrected chi connectivity index (χ0v) is 13.0. The highest BCUT2D eigenvalue weighted by Crippen LogP contribution is 2.24. The molecule has 0 aromatic heterocycles. The van der Waals surface area contributed by atoms with Crippen LogP contribution in [0.4, 0.5) is 0 Å². The number of nitrogens with zero attached hydrogens (tertiary/aromatic N) is 1. The van der Waals surface area contributed by atoms with E-state index in [4.69, 9.17) is 0 Å². The minimum absolute atomic E-state index is 0.0306. The van der Waals surface area contributed by atoms with Gasteiger partial charge in [-0.05, 0) is 11.5 Å². The maximum Gasteiger partial charge on any atom is 0.247 e. The van der Waals surface area contributed by atoms with Gasteiger partial charge in [-0.15, -0.1) is 0 Å². The summed E-state index contributed by atoms with van der Waals surface area (Å²) >= 11 is 0. The summed E-state index contributed by atoms with van der Waals surface area (Å²) < 4.78 is 0. The molecule has 1 aromatic rings. The van der Waals surface area contributed by atoms with Crippen LogP contribution < -0.4 is 5.32 Å². The van der Waals surface area contributed by atoms with Crippen LogP contribution in [-0.4, -0.2) is 22.8 Å². The molecule has 0 radical (unpaired) electrons. The van der Waals surface area contributed by atoms with Crippen molar-refractivity contribution in [3.8, 4) is 0 Å². The van der Waals surface area contributed by atoms with Gasteiger partial charge in [0, 0.05) is 12.1 Å². The van der Waals surface area contributed by atoms with E-state index >= 15 is 0 Å². The van der Waals surface area contributed by atoms with Crippen LogP contribution in [0, 0.1) is 11.8 Å². The molecular weight excluding hydrogens is 264 g/mol. The molecule has 0 fully saturated rings. The fourth-order valence-electron chi connectivity index (χ4n) is 2.47. The molecule has 1 aliphatic rings. The van der Waals surface area contributed by atoms with E-state index in [-0.39, 0.29) is 23.7 Å². The number of rotatable bonds is 3. The number of hydrogen-bond acceptors (Lipinski definition) is 2. The van der Waals surface area contributed by atoms with Crippen molar-refractivity contribution in [2.24, 2.45) is 11.8 Å². The average molecular weight is 286 g/mol. The molecule has 1 atom stereocenters. The fraction of sp³-hybridized carbons (Fsp3) is 0.412. The topological polar surface area (TPSA) is 49.4 Å². The van der Waals surface area contributed by atoms with Crippen molar-refractivity contribution >= 4 is 17.5 Å². The van der Waals surface area contributed by atoms with Crippen LogP contribution in [0.2, 0.25) is 0 Å². The molecule has 2 amide bonds. The Hall–Kier alpha value is -2.10. The third-order valence-electron chi connectivity index (χ3n) is 3.56. The molecule has 1 aliphatic heterocycles. The lowest BCUT2D eigenvalue weighted by Crippen LogP contribution is -2.54. The van der Waals surface area contributed by atoms with Crippen molar-refractivity contribution in [3.05, 3.63) is 42.1 Å². The van der Waals surface area contributed by atoms with Gasteiger partial charge in [0.25, 0.3) is 0 Å². The molecule has 1 aromatic carbocycles. The number of amides is 2. The first kappa shape index (κ1) is 15.3. The summed E-state index contributed by atoms with van der Waals surface area (Å²) in [4.78, 5) is 26.4. The minimum Gasteiger partial charge on any atom is -0.322 e. The van der Waals surface area contributed by atoms with E-state index in [1.807, 2.05) is 58.0 Å². The van der Waals surface area contributed by atoms with Crippen LogP contribution in [0.1, 0.15) is 33.3 Å². The lowest BCUT2D eigenvalue weighted by atomic mass is 9.97. The second kappa shape index (κ2) is 6.12. The Bertz CT molecular complexity index is 561. The molecule has 0 spiro atoms. The summed E-state index contributed by atoms with van der Waals surface area (Å²) in [7, 11) is 0. The molecule has 2 rings (SSSR count). The molecule has 1 N–H and O–H groups in total. The summed E-state index contributed by atoms with van der Waals surface area (Å²) in [6.45, 7) is 7.60. The molecule has 21 heavy (non-hydrogen) atoms. The molecule has 0 saturated heterocycles. The van der Waals surface area contributed by atoms with E-state index in [1.54, 1.807) is 11.1 Å². The Kier molecular flexibility index (Phi) is 4.46. The van der Waals surface area contributed by atoms with Gasteiger partial charge < -0.3 is 10.2 Å². The van der Waals surface area contributed by atoms with Crippen LogP contribution in [0.5, 0.6) is 0 Å². The number of carbonyl (C=O) groups excluding carboxylic acids is 2. The fourth-order valence-corrected chi connectivity index (χ4v) is 2.47. The molecule has 4 nitrogen and oxygen atoms in total. The molecule has 4 heteroatoms. The Balaban J connectivity index is 2.43. The molecule has 0 saturated carbocycles. The zero-order valence-electron chi connectivity index (χ0n) is 13.0. The summed E-state index contributed by atoms with van der Waals surface area (Å²) in [6, 6.07) is 9.12. The molecule has 0 bridgehead atoms. The molecule has 0 unspecified atom stereocenters. The summed E-state index contributed by atoms with van der Waals surface area (Å²) in [5.41, 5.74) is 1.57. The van der Waals surface area contributed by atoms with Crippen LogP contribution in [0.15, 0.2) is 36.5 Å². The SMILES string of the molecule is CC(C)C(=O)N1C=C(c2ccccc2)NC(=O)[C@@H]1C(C)C. The standard InChI is InChI=1S/C17H22N2O2/c1-11(2)15-16(20)18-14(13-8-6-5-7-9-13)10-19(15)17(21)12(3)4/h5-12,15H,1-4H3,(H,18,20)/t15-/m0/s1. The first-order valence-electron chi connectivity index (χ1n) is 7.32.